The van der Waals surface area contributed by atoms with Crippen molar-refractivity contribution in [1.29, 1.82) is 0 Å². The molecule has 2 atom stereocenters. The standard InChI is InChI=1S/C11H15NS/c1-9(11-12-7-8-13-11)10-5-3-2-4-6-10/h2-6,9,11-12H,7-8H2,1H3. The van der Waals surface area contributed by atoms with E-state index < -0.39 is 0 Å². The highest BCUT2D eigenvalue weighted by molar-refractivity contribution is 8.00. The van der Waals surface area contributed by atoms with E-state index in [4.69, 9.17) is 0 Å². The average Bonchev–Trinajstić information content (AvgIpc) is 2.71. The third-order valence-corrected chi connectivity index (χ3v) is 3.90. The molecule has 1 aliphatic heterocycles. The quantitative estimate of drug-likeness (QED) is 0.774. The van der Waals surface area contributed by atoms with Gasteiger partial charge in [-0.2, -0.15) is 0 Å². The van der Waals surface area contributed by atoms with Gasteiger partial charge in [-0.1, -0.05) is 37.3 Å². The van der Waals surface area contributed by atoms with Crippen LogP contribution in [0.5, 0.6) is 0 Å². The van der Waals surface area contributed by atoms with Gasteiger partial charge < -0.3 is 5.32 Å². The number of hydrogen-bond donors (Lipinski definition) is 1. The van der Waals surface area contributed by atoms with Gasteiger partial charge in [0.2, 0.25) is 0 Å². The largest absolute Gasteiger partial charge is 0.304 e. The summed E-state index contributed by atoms with van der Waals surface area (Å²) in [6.45, 7) is 3.46. The van der Waals surface area contributed by atoms with Gasteiger partial charge in [-0.3, -0.25) is 0 Å². The van der Waals surface area contributed by atoms with Crippen molar-refractivity contribution in [3.8, 4) is 0 Å². The van der Waals surface area contributed by atoms with E-state index in [0.29, 0.717) is 11.3 Å². The molecule has 0 radical (unpaired) electrons. The first kappa shape index (κ1) is 9.10. The van der Waals surface area contributed by atoms with E-state index in [0.717, 1.165) is 6.54 Å². The molecule has 0 aliphatic carbocycles. The normalized spacial score (nSPS) is 24.5. The molecule has 1 saturated heterocycles. The maximum absolute atomic E-state index is 3.52. The zero-order valence-corrected chi connectivity index (χ0v) is 8.68. The maximum Gasteiger partial charge on any atom is 0.0599 e. The Kier molecular flexibility index (Phi) is 2.91. The summed E-state index contributed by atoms with van der Waals surface area (Å²) in [5, 5.41) is 4.13. The molecule has 0 spiro atoms. The van der Waals surface area contributed by atoms with Gasteiger partial charge in [-0.05, 0) is 5.56 Å². The lowest BCUT2D eigenvalue weighted by Crippen LogP contribution is -2.25. The third kappa shape index (κ3) is 2.06. The molecule has 1 heterocycles. The van der Waals surface area contributed by atoms with Crippen LogP contribution in [0.15, 0.2) is 30.3 Å². The van der Waals surface area contributed by atoms with Crippen LogP contribution in [0, 0.1) is 0 Å². The minimum Gasteiger partial charge on any atom is -0.304 e. The smallest absolute Gasteiger partial charge is 0.0599 e. The van der Waals surface area contributed by atoms with E-state index >= 15 is 0 Å². The lowest BCUT2D eigenvalue weighted by atomic mass is 10.0. The van der Waals surface area contributed by atoms with Crippen LogP contribution < -0.4 is 5.32 Å². The first-order valence-corrected chi connectivity index (χ1v) is 5.83. The molecule has 13 heavy (non-hydrogen) atoms. The molecule has 2 unspecified atom stereocenters. The van der Waals surface area contributed by atoms with Crippen LogP contribution in [0.4, 0.5) is 0 Å². The van der Waals surface area contributed by atoms with Crippen LogP contribution in [0.2, 0.25) is 0 Å². The molecule has 1 aromatic carbocycles. The molecule has 2 heteroatoms. The van der Waals surface area contributed by atoms with Crippen LogP contribution in [-0.4, -0.2) is 17.7 Å². The third-order valence-electron chi connectivity index (χ3n) is 2.52. The van der Waals surface area contributed by atoms with Gasteiger partial charge in [0.15, 0.2) is 0 Å². The highest BCUT2D eigenvalue weighted by Gasteiger charge is 2.22. The Morgan fingerprint density at radius 1 is 1.38 bits per heavy atom. The van der Waals surface area contributed by atoms with Gasteiger partial charge in [0.1, 0.15) is 0 Å². The summed E-state index contributed by atoms with van der Waals surface area (Å²) in [7, 11) is 0. The van der Waals surface area contributed by atoms with Crippen molar-refractivity contribution in [3.05, 3.63) is 35.9 Å². The van der Waals surface area contributed by atoms with E-state index in [1.165, 1.54) is 11.3 Å². The Labute approximate surface area is 83.9 Å². The monoisotopic (exact) mass is 193 g/mol. The maximum atomic E-state index is 3.52. The second-order valence-electron chi connectivity index (χ2n) is 3.44. The van der Waals surface area contributed by atoms with E-state index in [9.17, 15) is 0 Å². The van der Waals surface area contributed by atoms with Crippen LogP contribution >= 0.6 is 11.8 Å². The number of hydrogen-bond acceptors (Lipinski definition) is 2. The van der Waals surface area contributed by atoms with E-state index in [-0.39, 0.29) is 0 Å². The molecule has 0 amide bonds. The van der Waals surface area contributed by atoms with Gasteiger partial charge in [-0.25, -0.2) is 0 Å². The summed E-state index contributed by atoms with van der Waals surface area (Å²) in [6.07, 6.45) is 0. The molecule has 0 saturated carbocycles. The Hall–Kier alpha value is -0.470. The van der Waals surface area contributed by atoms with Crippen molar-refractivity contribution in [3.63, 3.8) is 0 Å². The van der Waals surface area contributed by atoms with Crippen LogP contribution in [0.3, 0.4) is 0 Å². The Morgan fingerprint density at radius 3 is 2.77 bits per heavy atom. The molecule has 0 aromatic heterocycles. The van der Waals surface area contributed by atoms with Crippen molar-refractivity contribution < 1.29 is 0 Å². The molecule has 1 N–H and O–H groups in total. The topological polar surface area (TPSA) is 12.0 Å². The molecular weight excluding hydrogens is 178 g/mol. The van der Waals surface area contributed by atoms with Crippen molar-refractivity contribution in [2.24, 2.45) is 0 Å². The second-order valence-corrected chi connectivity index (χ2v) is 4.69. The summed E-state index contributed by atoms with van der Waals surface area (Å²) in [4.78, 5) is 0. The highest BCUT2D eigenvalue weighted by Crippen LogP contribution is 2.28. The van der Waals surface area contributed by atoms with E-state index in [1.807, 2.05) is 11.8 Å². The van der Waals surface area contributed by atoms with Gasteiger partial charge in [0, 0.05) is 18.2 Å². The SMILES string of the molecule is CC(c1ccccc1)C1NCCS1. The molecule has 1 fully saturated rings. The number of rotatable bonds is 2. The molecular formula is C11H15NS. The molecule has 70 valence electrons. The lowest BCUT2D eigenvalue weighted by molar-refractivity contribution is 0.617. The van der Waals surface area contributed by atoms with Gasteiger partial charge in [0.05, 0.1) is 5.37 Å². The van der Waals surface area contributed by atoms with Crippen LogP contribution in [0.1, 0.15) is 18.4 Å². The van der Waals surface area contributed by atoms with Crippen molar-refractivity contribution in [2.45, 2.75) is 18.2 Å². The van der Waals surface area contributed by atoms with Gasteiger partial charge in [-0.15, -0.1) is 11.8 Å². The second kappa shape index (κ2) is 4.16. The predicted octanol–water partition coefficient (Wildman–Crippen LogP) is 2.45. The first-order valence-electron chi connectivity index (χ1n) is 4.78. The van der Waals surface area contributed by atoms with Crippen molar-refractivity contribution in [2.75, 3.05) is 12.3 Å². The van der Waals surface area contributed by atoms with Gasteiger partial charge >= 0.3 is 0 Å². The Balaban J connectivity index is 2.08. The first-order chi connectivity index (χ1) is 6.38. The van der Waals surface area contributed by atoms with Crippen LogP contribution in [0.25, 0.3) is 0 Å². The molecule has 0 bridgehead atoms. The summed E-state index contributed by atoms with van der Waals surface area (Å²) >= 11 is 2.03. The average molecular weight is 193 g/mol. The lowest BCUT2D eigenvalue weighted by Gasteiger charge is -2.18. The fourth-order valence-corrected chi connectivity index (χ4v) is 2.87. The highest BCUT2D eigenvalue weighted by atomic mass is 32.2. The minimum atomic E-state index is 0.613. The summed E-state index contributed by atoms with van der Waals surface area (Å²) in [5.74, 6) is 1.87. The zero-order chi connectivity index (χ0) is 9.10. The number of nitrogens with one attached hydrogen (secondary N) is 1. The predicted molar refractivity (Wildman–Crippen MR) is 59.1 cm³/mol. The minimum absolute atomic E-state index is 0.613. The summed E-state index contributed by atoms with van der Waals surface area (Å²) in [6, 6.07) is 10.7. The number of thioether (sulfide) groups is 1. The Morgan fingerprint density at radius 2 is 2.15 bits per heavy atom. The van der Waals surface area contributed by atoms with Crippen molar-refractivity contribution >= 4 is 11.8 Å². The number of benzene rings is 1. The summed E-state index contributed by atoms with van der Waals surface area (Å²) in [5.41, 5.74) is 1.44. The fourth-order valence-electron chi connectivity index (χ4n) is 1.70. The molecule has 2 rings (SSSR count). The van der Waals surface area contributed by atoms with Gasteiger partial charge in [0.25, 0.3) is 0 Å². The zero-order valence-electron chi connectivity index (χ0n) is 7.86. The Bertz CT molecular complexity index is 254. The molecule has 1 nitrogen and oxygen atoms in total. The van der Waals surface area contributed by atoms with E-state index in [1.54, 1.807) is 0 Å². The van der Waals surface area contributed by atoms with E-state index in [2.05, 4.69) is 42.6 Å². The molecule has 1 aromatic rings. The summed E-state index contributed by atoms with van der Waals surface area (Å²) < 4.78 is 0. The fraction of sp³-hybridized carbons (Fsp3) is 0.455. The van der Waals surface area contributed by atoms with Crippen molar-refractivity contribution in [1.82, 2.24) is 5.32 Å². The molecule has 1 aliphatic rings. The van der Waals surface area contributed by atoms with Crippen LogP contribution in [-0.2, 0) is 0 Å².